The molecule has 2 aromatic heterocycles. The van der Waals surface area contributed by atoms with E-state index in [1.54, 1.807) is 42.7 Å². The van der Waals surface area contributed by atoms with Gasteiger partial charge in [0.1, 0.15) is 6.54 Å². The van der Waals surface area contributed by atoms with Gasteiger partial charge in [0.15, 0.2) is 23.0 Å². The molecule has 45 heavy (non-hydrogen) atoms. The van der Waals surface area contributed by atoms with Gasteiger partial charge in [0.2, 0.25) is 11.5 Å². The summed E-state index contributed by atoms with van der Waals surface area (Å²) in [5.41, 5.74) is 9.75. The van der Waals surface area contributed by atoms with Crippen LogP contribution in [-0.4, -0.2) is 70.3 Å². The number of ether oxygens (including phenoxy) is 6. The molecule has 0 atom stereocenters. The highest BCUT2D eigenvalue weighted by Gasteiger charge is 2.31. The van der Waals surface area contributed by atoms with Gasteiger partial charge >= 0.3 is 0 Å². The van der Waals surface area contributed by atoms with Crippen LogP contribution >= 0.6 is 0 Å². The number of nitrogens with zero attached hydrogens (tertiary/aromatic N) is 3. The number of benzene rings is 2. The second-order valence-electron chi connectivity index (χ2n) is 11.1. The van der Waals surface area contributed by atoms with E-state index in [2.05, 4.69) is 39.7 Å². The van der Waals surface area contributed by atoms with E-state index in [0.717, 1.165) is 52.3 Å². The summed E-state index contributed by atoms with van der Waals surface area (Å²) in [5, 5.41) is 0. The van der Waals surface area contributed by atoms with Gasteiger partial charge in [-0.1, -0.05) is 0 Å². The van der Waals surface area contributed by atoms with Gasteiger partial charge in [0.25, 0.3) is 0 Å². The second-order valence-corrected chi connectivity index (χ2v) is 11.1. The van der Waals surface area contributed by atoms with E-state index in [-0.39, 0.29) is 0 Å². The minimum absolute atomic E-state index is 0.558. The fourth-order valence-corrected chi connectivity index (χ4v) is 6.03. The molecule has 1 fully saturated rings. The number of likely N-dealkylation sites (tertiary alicyclic amines) is 1. The molecular formula is C35H43N4O6+. The second kappa shape index (κ2) is 14.5. The quantitative estimate of drug-likeness (QED) is 0.180. The van der Waals surface area contributed by atoms with Crippen LogP contribution in [-0.2, 0) is 13.1 Å². The summed E-state index contributed by atoms with van der Waals surface area (Å²) in [4.78, 5) is 9.34. The summed E-state index contributed by atoms with van der Waals surface area (Å²) in [7, 11) is 9.69. The molecule has 0 aliphatic carbocycles. The molecule has 0 bridgehead atoms. The van der Waals surface area contributed by atoms with Crippen molar-refractivity contribution in [2.45, 2.75) is 32.4 Å². The van der Waals surface area contributed by atoms with Gasteiger partial charge in [-0.25, -0.2) is 4.59 Å². The van der Waals surface area contributed by atoms with Crippen molar-refractivity contribution in [3.05, 3.63) is 72.1 Å². The third-order valence-corrected chi connectivity index (χ3v) is 8.35. The third kappa shape index (κ3) is 7.08. The first-order chi connectivity index (χ1) is 22.0. The van der Waals surface area contributed by atoms with Gasteiger partial charge in [-0.2, -0.15) is 5.43 Å². The Labute approximate surface area is 265 Å². The molecule has 0 radical (unpaired) electrons. The minimum atomic E-state index is 0.558. The summed E-state index contributed by atoms with van der Waals surface area (Å²) in [6.45, 7) is 3.63. The van der Waals surface area contributed by atoms with Gasteiger partial charge in [-0.05, 0) is 73.4 Å². The monoisotopic (exact) mass is 615 g/mol. The minimum Gasteiger partial charge on any atom is -0.493 e. The molecule has 5 rings (SSSR count). The lowest BCUT2D eigenvalue weighted by atomic mass is 10.1. The van der Waals surface area contributed by atoms with Gasteiger partial charge in [-0.15, -0.1) is 0 Å². The molecular weight excluding hydrogens is 572 g/mol. The first kappa shape index (κ1) is 31.9. The number of nitrogens with one attached hydrogen (secondary N) is 1. The average Bonchev–Trinajstić information content (AvgIpc) is 3.10. The molecule has 10 heteroatoms. The molecule has 1 saturated heterocycles. The number of pyridine rings is 2. The molecule has 0 saturated carbocycles. The Balaban J connectivity index is 1.38. The van der Waals surface area contributed by atoms with E-state index in [1.165, 1.54) is 24.8 Å². The average molecular weight is 616 g/mol. The van der Waals surface area contributed by atoms with E-state index in [9.17, 15) is 0 Å². The van der Waals surface area contributed by atoms with Crippen LogP contribution in [0.3, 0.4) is 0 Å². The van der Waals surface area contributed by atoms with Crippen LogP contribution in [0.2, 0.25) is 0 Å². The fourth-order valence-electron chi connectivity index (χ4n) is 6.03. The fraction of sp³-hybridized carbons (Fsp3) is 0.371. The molecule has 1 aliphatic rings. The molecule has 1 aliphatic heterocycles. The zero-order chi connectivity index (χ0) is 31.8. The van der Waals surface area contributed by atoms with Crippen LogP contribution in [0.4, 0.5) is 0 Å². The standard InChI is InChI=1S/C35H43N4O6/c1-40-30-18-26(19-31(41-2)34(30)44-5)28-16-24(10-12-36-28)22-38-39(14-8-7-9-15-39)23-25-11-13-37-29(17-25)27-20-32(42-3)35(45-6)33(21-27)43-4/h10-13,16-21,38H,7-9,14-15,22-23H2,1-6H3/q+1. The van der Waals surface area contributed by atoms with Crippen molar-refractivity contribution in [2.75, 3.05) is 55.7 Å². The molecule has 1 N–H and O–H groups in total. The van der Waals surface area contributed by atoms with E-state index < -0.39 is 0 Å². The first-order valence-corrected chi connectivity index (χ1v) is 15.1. The predicted octanol–water partition coefficient (Wildman–Crippen LogP) is 6.07. The first-order valence-electron chi connectivity index (χ1n) is 15.1. The highest BCUT2D eigenvalue weighted by atomic mass is 16.5. The molecule has 4 aromatic rings. The lowest BCUT2D eigenvalue weighted by Crippen LogP contribution is -2.59. The van der Waals surface area contributed by atoms with Crippen LogP contribution in [0.1, 0.15) is 30.4 Å². The van der Waals surface area contributed by atoms with Crippen molar-refractivity contribution >= 4 is 0 Å². The Morgan fingerprint density at radius 3 is 1.47 bits per heavy atom. The number of rotatable bonds is 13. The maximum atomic E-state index is 5.58. The van der Waals surface area contributed by atoms with E-state index >= 15 is 0 Å². The van der Waals surface area contributed by atoms with Gasteiger partial charge in [0.05, 0.1) is 73.7 Å². The van der Waals surface area contributed by atoms with Crippen molar-refractivity contribution in [1.82, 2.24) is 15.4 Å². The molecule has 0 amide bonds. The number of quaternary nitrogens is 1. The Bertz CT molecular complexity index is 1560. The van der Waals surface area contributed by atoms with E-state index in [4.69, 9.17) is 28.4 Å². The van der Waals surface area contributed by atoms with Gasteiger partial charge in [0, 0.05) is 29.1 Å². The molecule has 0 unspecified atom stereocenters. The lowest BCUT2D eigenvalue weighted by Gasteiger charge is -2.41. The van der Waals surface area contributed by atoms with Gasteiger partial charge < -0.3 is 28.4 Å². The van der Waals surface area contributed by atoms with Crippen LogP contribution < -0.4 is 33.8 Å². The smallest absolute Gasteiger partial charge is 0.203 e. The number of hydrogen-bond acceptors (Lipinski definition) is 9. The largest absolute Gasteiger partial charge is 0.493 e. The number of hydrogen-bond donors (Lipinski definition) is 1. The van der Waals surface area contributed by atoms with Crippen LogP contribution in [0.5, 0.6) is 34.5 Å². The maximum absolute atomic E-state index is 5.58. The lowest BCUT2D eigenvalue weighted by molar-refractivity contribution is -0.987. The maximum Gasteiger partial charge on any atom is 0.203 e. The highest BCUT2D eigenvalue weighted by Crippen LogP contribution is 2.42. The SMILES string of the molecule is COc1cc(-c2cc(CN[N+]3(Cc4ccnc(-c5cc(OC)c(OC)c(OC)c5)c4)CCCCC3)ccn2)cc(OC)c1OC. The third-order valence-electron chi connectivity index (χ3n) is 8.35. The summed E-state index contributed by atoms with van der Waals surface area (Å²) < 4.78 is 34.1. The number of methoxy groups -OCH3 is 6. The van der Waals surface area contributed by atoms with E-state index in [0.29, 0.717) is 41.0 Å². The summed E-state index contributed by atoms with van der Waals surface area (Å²) in [6, 6.07) is 16.2. The molecule has 10 nitrogen and oxygen atoms in total. The molecule has 238 valence electrons. The summed E-state index contributed by atoms with van der Waals surface area (Å²) in [5.74, 6) is 3.51. The summed E-state index contributed by atoms with van der Waals surface area (Å²) >= 11 is 0. The van der Waals surface area contributed by atoms with Crippen molar-refractivity contribution in [3.8, 4) is 57.0 Å². The van der Waals surface area contributed by atoms with Gasteiger partial charge in [-0.3, -0.25) is 9.97 Å². The topological polar surface area (TPSA) is 93.2 Å². The van der Waals surface area contributed by atoms with Crippen LogP contribution in [0, 0.1) is 0 Å². The Hall–Kier alpha value is -4.54. The van der Waals surface area contributed by atoms with E-state index in [1.807, 2.05) is 36.7 Å². The molecule has 0 spiro atoms. The zero-order valence-corrected chi connectivity index (χ0v) is 27.0. The van der Waals surface area contributed by atoms with Crippen molar-refractivity contribution < 1.29 is 33.0 Å². The summed E-state index contributed by atoms with van der Waals surface area (Å²) in [6.07, 6.45) is 7.31. The van der Waals surface area contributed by atoms with Crippen molar-refractivity contribution in [1.29, 1.82) is 0 Å². The highest BCUT2D eigenvalue weighted by molar-refractivity contribution is 5.70. The number of aromatic nitrogens is 2. The van der Waals surface area contributed by atoms with Crippen LogP contribution in [0.25, 0.3) is 22.5 Å². The van der Waals surface area contributed by atoms with Crippen molar-refractivity contribution in [3.63, 3.8) is 0 Å². The van der Waals surface area contributed by atoms with Crippen molar-refractivity contribution in [2.24, 2.45) is 0 Å². The zero-order valence-electron chi connectivity index (χ0n) is 27.0. The number of piperidine rings is 1. The Kier molecular flexibility index (Phi) is 10.3. The molecule has 3 heterocycles. The normalized spacial score (nSPS) is 14.0. The molecule has 2 aromatic carbocycles. The van der Waals surface area contributed by atoms with Crippen LogP contribution in [0.15, 0.2) is 60.9 Å². The predicted molar refractivity (Wildman–Crippen MR) is 173 cm³/mol. The Morgan fingerprint density at radius 1 is 0.578 bits per heavy atom. The Morgan fingerprint density at radius 2 is 1.02 bits per heavy atom.